The fourth-order valence-electron chi connectivity index (χ4n) is 1.44. The Morgan fingerprint density at radius 3 is 2.77 bits per heavy atom. The largest absolute Gasteiger partial charge is 0.343 e. The Labute approximate surface area is 79.9 Å². The summed E-state index contributed by atoms with van der Waals surface area (Å²) < 4.78 is 0. The van der Waals surface area contributed by atoms with Crippen LogP contribution in [0.4, 0.5) is 0 Å². The van der Waals surface area contributed by atoms with Crippen molar-refractivity contribution in [1.82, 2.24) is 15.1 Å². The molecule has 0 aromatic heterocycles. The first-order chi connectivity index (χ1) is 6.13. The smallest absolute Gasteiger partial charge is 0.236 e. The van der Waals surface area contributed by atoms with Crippen molar-refractivity contribution in [2.24, 2.45) is 0 Å². The van der Waals surface area contributed by atoms with Gasteiger partial charge in [-0.25, -0.2) is 0 Å². The molecule has 0 spiro atoms. The van der Waals surface area contributed by atoms with E-state index in [1.54, 1.807) is 4.90 Å². The molecule has 4 heteroatoms. The summed E-state index contributed by atoms with van der Waals surface area (Å²) in [5.74, 6) is 0.231. The van der Waals surface area contributed by atoms with Crippen molar-refractivity contribution >= 4 is 5.91 Å². The first kappa shape index (κ1) is 10.5. The van der Waals surface area contributed by atoms with Gasteiger partial charge in [0.25, 0.3) is 0 Å². The summed E-state index contributed by atoms with van der Waals surface area (Å²) in [6.45, 7) is 5.50. The van der Waals surface area contributed by atoms with Crippen LogP contribution in [0.5, 0.6) is 0 Å². The van der Waals surface area contributed by atoms with Crippen molar-refractivity contribution in [2.45, 2.75) is 13.0 Å². The maximum absolute atomic E-state index is 11.3. The van der Waals surface area contributed by atoms with Crippen molar-refractivity contribution in [3.63, 3.8) is 0 Å². The molecule has 1 aliphatic rings. The highest BCUT2D eigenvalue weighted by Crippen LogP contribution is 2.01. The number of likely N-dealkylation sites (N-methyl/N-ethyl adjacent to an activating group) is 2. The average Bonchev–Trinajstić information content (AvgIpc) is 2.11. The predicted octanol–water partition coefficient (Wildman–Crippen LogP) is -0.632. The number of piperazine rings is 1. The number of rotatable bonds is 3. The molecule has 1 aliphatic heterocycles. The van der Waals surface area contributed by atoms with E-state index in [-0.39, 0.29) is 5.91 Å². The fraction of sp³-hybridized carbons (Fsp3) is 0.889. The molecule has 4 nitrogen and oxygen atoms in total. The molecule has 0 saturated carbocycles. The van der Waals surface area contributed by atoms with E-state index in [4.69, 9.17) is 0 Å². The van der Waals surface area contributed by atoms with Gasteiger partial charge in [-0.1, -0.05) is 0 Å². The lowest BCUT2D eigenvalue weighted by molar-refractivity contribution is -0.134. The molecule has 0 aliphatic carbocycles. The zero-order valence-electron chi connectivity index (χ0n) is 8.71. The Bertz CT molecular complexity index is 184. The van der Waals surface area contributed by atoms with E-state index in [0.717, 1.165) is 19.6 Å². The highest BCUT2D eigenvalue weighted by molar-refractivity contribution is 5.78. The standard InChI is InChI=1S/C9H19N3O/c1-8(10-2)6-12-5-4-11(3)9(13)7-12/h8,10H,4-7H2,1-3H3. The van der Waals surface area contributed by atoms with Gasteiger partial charge in [0.1, 0.15) is 0 Å². The molecule has 0 aromatic carbocycles. The van der Waals surface area contributed by atoms with Crippen LogP contribution in [0.3, 0.4) is 0 Å². The Kier molecular flexibility index (Phi) is 3.69. The van der Waals surface area contributed by atoms with E-state index in [2.05, 4.69) is 17.1 Å². The molecule has 1 atom stereocenters. The Morgan fingerprint density at radius 2 is 2.23 bits per heavy atom. The van der Waals surface area contributed by atoms with Crippen LogP contribution >= 0.6 is 0 Å². The van der Waals surface area contributed by atoms with Crippen LogP contribution in [0, 0.1) is 0 Å². The molecular formula is C9H19N3O. The molecule has 1 saturated heterocycles. The lowest BCUT2D eigenvalue weighted by Gasteiger charge is -2.33. The summed E-state index contributed by atoms with van der Waals surface area (Å²) in [5, 5.41) is 3.17. The van der Waals surface area contributed by atoms with Crippen LogP contribution in [-0.2, 0) is 4.79 Å². The van der Waals surface area contributed by atoms with Crippen LogP contribution in [0.25, 0.3) is 0 Å². The van der Waals surface area contributed by atoms with E-state index < -0.39 is 0 Å². The first-order valence-electron chi connectivity index (χ1n) is 4.77. The number of amides is 1. The monoisotopic (exact) mass is 185 g/mol. The van der Waals surface area contributed by atoms with Crippen molar-refractivity contribution in [2.75, 3.05) is 40.3 Å². The Morgan fingerprint density at radius 1 is 1.54 bits per heavy atom. The maximum atomic E-state index is 11.3. The summed E-state index contributed by atoms with van der Waals surface area (Å²) in [7, 11) is 3.81. The molecule has 0 aromatic rings. The lowest BCUT2D eigenvalue weighted by atomic mass is 10.2. The van der Waals surface area contributed by atoms with E-state index >= 15 is 0 Å². The predicted molar refractivity (Wildman–Crippen MR) is 52.6 cm³/mol. The number of nitrogens with one attached hydrogen (secondary N) is 1. The molecule has 13 heavy (non-hydrogen) atoms. The van der Waals surface area contributed by atoms with Gasteiger partial charge in [-0.05, 0) is 14.0 Å². The molecule has 1 rings (SSSR count). The SMILES string of the molecule is CNC(C)CN1CCN(C)C(=O)C1. The van der Waals surface area contributed by atoms with E-state index in [1.165, 1.54) is 0 Å². The summed E-state index contributed by atoms with van der Waals surface area (Å²) in [5.41, 5.74) is 0. The highest BCUT2D eigenvalue weighted by atomic mass is 16.2. The minimum Gasteiger partial charge on any atom is -0.343 e. The van der Waals surface area contributed by atoms with Crippen molar-refractivity contribution < 1.29 is 4.79 Å². The van der Waals surface area contributed by atoms with Gasteiger partial charge in [-0.3, -0.25) is 9.69 Å². The van der Waals surface area contributed by atoms with Crippen molar-refractivity contribution in [1.29, 1.82) is 0 Å². The van der Waals surface area contributed by atoms with E-state index in [0.29, 0.717) is 12.6 Å². The van der Waals surface area contributed by atoms with E-state index in [9.17, 15) is 4.79 Å². The molecule has 1 amide bonds. The normalized spacial score (nSPS) is 22.1. The van der Waals surface area contributed by atoms with Gasteiger partial charge < -0.3 is 10.2 Å². The summed E-state index contributed by atoms with van der Waals surface area (Å²) in [6, 6.07) is 0.455. The number of hydrogen-bond acceptors (Lipinski definition) is 3. The topological polar surface area (TPSA) is 35.6 Å². The van der Waals surface area contributed by atoms with Crippen LogP contribution in [0.2, 0.25) is 0 Å². The lowest BCUT2D eigenvalue weighted by Crippen LogP contribution is -2.51. The number of carbonyl (C=O) groups excluding carboxylic acids is 1. The molecular weight excluding hydrogens is 166 g/mol. The molecule has 1 heterocycles. The molecule has 0 bridgehead atoms. The average molecular weight is 185 g/mol. The number of carbonyl (C=O) groups is 1. The minimum absolute atomic E-state index is 0.231. The van der Waals surface area contributed by atoms with Crippen molar-refractivity contribution in [3.05, 3.63) is 0 Å². The molecule has 1 N–H and O–H groups in total. The first-order valence-corrected chi connectivity index (χ1v) is 4.77. The Hall–Kier alpha value is -0.610. The van der Waals surface area contributed by atoms with Gasteiger partial charge >= 0.3 is 0 Å². The third-order valence-electron chi connectivity index (χ3n) is 2.56. The molecule has 1 fully saturated rings. The quantitative estimate of drug-likeness (QED) is 0.636. The third-order valence-corrected chi connectivity index (χ3v) is 2.56. The van der Waals surface area contributed by atoms with Gasteiger partial charge in [0.05, 0.1) is 6.54 Å². The second kappa shape index (κ2) is 4.58. The van der Waals surface area contributed by atoms with Gasteiger partial charge in [0.15, 0.2) is 0 Å². The fourth-order valence-corrected chi connectivity index (χ4v) is 1.44. The summed E-state index contributed by atoms with van der Waals surface area (Å²) in [6.07, 6.45) is 0. The van der Waals surface area contributed by atoms with Crippen molar-refractivity contribution in [3.8, 4) is 0 Å². The zero-order chi connectivity index (χ0) is 9.84. The molecule has 76 valence electrons. The maximum Gasteiger partial charge on any atom is 0.236 e. The second-order valence-corrected chi connectivity index (χ2v) is 3.74. The van der Waals surface area contributed by atoms with Crippen LogP contribution in [0.1, 0.15) is 6.92 Å². The summed E-state index contributed by atoms with van der Waals surface area (Å²) >= 11 is 0. The third kappa shape index (κ3) is 2.97. The second-order valence-electron chi connectivity index (χ2n) is 3.74. The number of nitrogens with zero attached hydrogens (tertiary/aromatic N) is 2. The van der Waals surface area contributed by atoms with Gasteiger partial charge in [0.2, 0.25) is 5.91 Å². The highest BCUT2D eigenvalue weighted by Gasteiger charge is 2.21. The van der Waals surface area contributed by atoms with Gasteiger partial charge in [-0.15, -0.1) is 0 Å². The summed E-state index contributed by atoms with van der Waals surface area (Å²) in [4.78, 5) is 15.3. The number of hydrogen-bond donors (Lipinski definition) is 1. The van der Waals surface area contributed by atoms with Gasteiger partial charge in [-0.2, -0.15) is 0 Å². The van der Waals surface area contributed by atoms with Crippen LogP contribution < -0.4 is 5.32 Å². The Balaban J connectivity index is 2.33. The minimum atomic E-state index is 0.231. The van der Waals surface area contributed by atoms with Crippen LogP contribution in [0.15, 0.2) is 0 Å². The van der Waals surface area contributed by atoms with Gasteiger partial charge in [0, 0.05) is 32.7 Å². The molecule has 0 radical (unpaired) electrons. The van der Waals surface area contributed by atoms with Crippen LogP contribution in [-0.4, -0.2) is 62.0 Å². The van der Waals surface area contributed by atoms with E-state index in [1.807, 2.05) is 14.1 Å². The zero-order valence-corrected chi connectivity index (χ0v) is 8.71. The molecule has 1 unspecified atom stereocenters.